The first-order valence-corrected chi connectivity index (χ1v) is 9.57. The van der Waals surface area contributed by atoms with Crippen LogP contribution in [-0.2, 0) is 30.3 Å². The highest BCUT2D eigenvalue weighted by Gasteiger charge is 2.69. The van der Waals surface area contributed by atoms with Gasteiger partial charge >= 0.3 is 0 Å². The Labute approximate surface area is 171 Å². The molecular formula is C21H21NO8. The molecule has 1 amide bonds. The average molecular weight is 415 g/mol. The maximum Gasteiger partial charge on any atom is 0.235 e. The van der Waals surface area contributed by atoms with Crippen LogP contribution in [0.1, 0.15) is 27.9 Å². The van der Waals surface area contributed by atoms with E-state index in [2.05, 4.69) is 0 Å². The smallest absolute Gasteiger partial charge is 0.235 e. The Morgan fingerprint density at radius 3 is 2.43 bits per heavy atom. The molecule has 6 unspecified atom stereocenters. The summed E-state index contributed by atoms with van der Waals surface area (Å²) in [5, 5.41) is 21.5. The first kappa shape index (κ1) is 20.4. The van der Waals surface area contributed by atoms with E-state index in [0.717, 1.165) is 5.56 Å². The van der Waals surface area contributed by atoms with Gasteiger partial charge in [-0.15, -0.1) is 0 Å². The number of ketones is 4. The van der Waals surface area contributed by atoms with Crippen LogP contribution in [0.5, 0.6) is 5.75 Å². The zero-order valence-electron chi connectivity index (χ0n) is 16.4. The number of primary amides is 1. The standard InChI is InChI=1S/C21H21NO8/c1-7-3-4-11(23)13-8(7)5-9-14(16(13)25)18(26)21(29)10(17(9)30-2)6-12(24)15(19(21)27)20(22)28/h3-4,9-10,14-15,17,23,29H,5-6H2,1-2H3,(H2,22,28). The van der Waals surface area contributed by atoms with E-state index in [0.29, 0.717) is 5.56 Å². The predicted octanol–water partition coefficient (Wildman–Crippen LogP) is -0.740. The SMILES string of the molecule is COC1C2Cc3c(C)ccc(O)c3C(=O)C2C(=O)C2(O)C(=O)C(C(N)=O)C(=O)CC12. The Bertz CT molecular complexity index is 1030. The van der Waals surface area contributed by atoms with Gasteiger partial charge in [0, 0.05) is 25.4 Å². The molecule has 9 heteroatoms. The Hall–Kier alpha value is -2.91. The largest absolute Gasteiger partial charge is 0.507 e. The molecule has 1 aromatic carbocycles. The Balaban J connectivity index is 1.90. The Kier molecular flexibility index (Phi) is 4.44. The fourth-order valence-corrected chi connectivity index (χ4v) is 5.45. The minimum Gasteiger partial charge on any atom is -0.507 e. The lowest BCUT2D eigenvalue weighted by Crippen LogP contribution is -2.72. The number of fused-ring (bicyclic) bond motifs is 3. The number of aromatic hydroxyl groups is 1. The number of nitrogens with two attached hydrogens (primary N) is 1. The summed E-state index contributed by atoms with van der Waals surface area (Å²) < 4.78 is 5.52. The van der Waals surface area contributed by atoms with Crippen molar-refractivity contribution in [1.29, 1.82) is 0 Å². The highest BCUT2D eigenvalue weighted by atomic mass is 16.5. The van der Waals surface area contributed by atoms with Crippen molar-refractivity contribution in [3.05, 3.63) is 28.8 Å². The summed E-state index contributed by atoms with van der Waals surface area (Å²) in [5.74, 6) is -10.8. The van der Waals surface area contributed by atoms with Crippen molar-refractivity contribution in [3.63, 3.8) is 0 Å². The van der Waals surface area contributed by atoms with Crippen LogP contribution < -0.4 is 5.73 Å². The number of Topliss-reactive ketones (excluding diaryl/α,β-unsaturated/α-hetero) is 4. The van der Waals surface area contributed by atoms with Gasteiger partial charge in [-0.1, -0.05) is 6.07 Å². The van der Waals surface area contributed by atoms with Gasteiger partial charge in [0.05, 0.1) is 17.6 Å². The van der Waals surface area contributed by atoms with Gasteiger partial charge in [0.2, 0.25) is 5.91 Å². The Morgan fingerprint density at radius 1 is 1.17 bits per heavy atom. The van der Waals surface area contributed by atoms with Crippen molar-refractivity contribution >= 4 is 29.0 Å². The fraction of sp³-hybridized carbons (Fsp3) is 0.476. The molecule has 0 saturated heterocycles. The van der Waals surface area contributed by atoms with Gasteiger partial charge in [-0.25, -0.2) is 0 Å². The average Bonchev–Trinajstić information content (AvgIpc) is 2.67. The molecule has 0 spiro atoms. The van der Waals surface area contributed by atoms with E-state index >= 15 is 0 Å². The third-order valence-corrected chi connectivity index (χ3v) is 6.87. The number of phenols is 1. The van der Waals surface area contributed by atoms with Crippen LogP contribution in [0, 0.1) is 30.6 Å². The van der Waals surface area contributed by atoms with Gasteiger partial charge in [0.15, 0.2) is 34.7 Å². The Morgan fingerprint density at radius 2 is 1.83 bits per heavy atom. The second kappa shape index (κ2) is 6.55. The van der Waals surface area contributed by atoms with Gasteiger partial charge in [0.25, 0.3) is 0 Å². The molecule has 30 heavy (non-hydrogen) atoms. The molecule has 0 radical (unpaired) electrons. The van der Waals surface area contributed by atoms with Crippen molar-refractivity contribution < 1.29 is 38.9 Å². The van der Waals surface area contributed by atoms with Crippen LogP contribution in [0.4, 0.5) is 0 Å². The molecule has 3 aliphatic rings. The van der Waals surface area contributed by atoms with Gasteiger partial charge in [0.1, 0.15) is 5.75 Å². The lowest BCUT2D eigenvalue weighted by molar-refractivity contribution is -0.190. The zero-order chi connectivity index (χ0) is 22.1. The number of carbonyl (C=O) groups excluding carboxylic acids is 5. The van der Waals surface area contributed by atoms with E-state index < -0.39 is 70.8 Å². The topological polar surface area (TPSA) is 161 Å². The summed E-state index contributed by atoms with van der Waals surface area (Å²) in [5.41, 5.74) is 3.70. The normalized spacial score (nSPS) is 35.5. The van der Waals surface area contributed by atoms with Crippen molar-refractivity contribution in [2.75, 3.05) is 7.11 Å². The van der Waals surface area contributed by atoms with Crippen molar-refractivity contribution in [1.82, 2.24) is 0 Å². The van der Waals surface area contributed by atoms with Crippen LogP contribution >= 0.6 is 0 Å². The van der Waals surface area contributed by atoms with Gasteiger partial charge < -0.3 is 20.7 Å². The summed E-state index contributed by atoms with van der Waals surface area (Å²) in [6.45, 7) is 1.76. The van der Waals surface area contributed by atoms with Crippen LogP contribution in [0.2, 0.25) is 0 Å². The number of hydrogen-bond donors (Lipinski definition) is 3. The lowest BCUT2D eigenvalue weighted by atomic mass is 9.52. The van der Waals surface area contributed by atoms with E-state index in [1.54, 1.807) is 13.0 Å². The van der Waals surface area contributed by atoms with Crippen molar-refractivity contribution in [2.24, 2.45) is 29.4 Å². The molecule has 3 aliphatic carbocycles. The third-order valence-electron chi connectivity index (χ3n) is 6.87. The summed E-state index contributed by atoms with van der Waals surface area (Å²) in [6, 6.07) is 2.99. The third kappa shape index (κ3) is 2.39. The molecule has 158 valence electrons. The molecular weight excluding hydrogens is 394 g/mol. The lowest BCUT2D eigenvalue weighted by Gasteiger charge is -2.52. The number of aryl methyl sites for hydroxylation is 1. The van der Waals surface area contributed by atoms with Crippen LogP contribution in [-0.4, -0.2) is 58.1 Å². The molecule has 1 aromatic rings. The highest BCUT2D eigenvalue weighted by molar-refractivity contribution is 6.31. The highest BCUT2D eigenvalue weighted by Crippen LogP contribution is 2.51. The zero-order valence-corrected chi connectivity index (χ0v) is 16.4. The molecule has 4 N–H and O–H groups in total. The number of ether oxygens (including phenoxy) is 1. The first-order valence-electron chi connectivity index (χ1n) is 9.57. The van der Waals surface area contributed by atoms with Gasteiger partial charge in [-0.05, 0) is 30.5 Å². The van der Waals surface area contributed by atoms with E-state index in [-0.39, 0.29) is 17.7 Å². The predicted molar refractivity (Wildman–Crippen MR) is 99.4 cm³/mol. The van der Waals surface area contributed by atoms with E-state index in [9.17, 15) is 34.2 Å². The summed E-state index contributed by atoms with van der Waals surface area (Å²) in [6.07, 6.45) is -1.24. The van der Waals surface area contributed by atoms with Gasteiger partial charge in [-0.2, -0.15) is 0 Å². The molecule has 0 aliphatic heterocycles. The van der Waals surface area contributed by atoms with E-state index in [1.807, 2.05) is 0 Å². The molecule has 0 heterocycles. The number of methoxy groups -OCH3 is 1. The van der Waals surface area contributed by atoms with Crippen molar-refractivity contribution in [2.45, 2.75) is 31.5 Å². The number of rotatable bonds is 2. The number of carbonyl (C=O) groups is 5. The minimum absolute atomic E-state index is 0.0210. The molecule has 0 aromatic heterocycles. The maximum absolute atomic E-state index is 13.4. The maximum atomic E-state index is 13.4. The quantitative estimate of drug-likeness (QED) is 0.532. The van der Waals surface area contributed by atoms with Crippen LogP contribution in [0.25, 0.3) is 0 Å². The minimum atomic E-state index is -2.75. The number of benzene rings is 1. The summed E-state index contributed by atoms with van der Waals surface area (Å²) in [7, 11) is 1.31. The molecule has 4 rings (SSSR count). The van der Waals surface area contributed by atoms with Crippen LogP contribution in [0.15, 0.2) is 12.1 Å². The number of aliphatic hydroxyl groups is 1. The summed E-state index contributed by atoms with van der Waals surface area (Å²) >= 11 is 0. The van der Waals surface area contributed by atoms with Crippen LogP contribution in [0.3, 0.4) is 0 Å². The monoisotopic (exact) mass is 415 g/mol. The molecule has 6 atom stereocenters. The number of amides is 1. The summed E-state index contributed by atoms with van der Waals surface area (Å²) in [4.78, 5) is 63.7. The molecule has 0 bridgehead atoms. The number of hydrogen-bond acceptors (Lipinski definition) is 8. The molecule has 2 saturated carbocycles. The fourth-order valence-electron chi connectivity index (χ4n) is 5.45. The molecule has 9 nitrogen and oxygen atoms in total. The second-order valence-electron chi connectivity index (χ2n) is 8.27. The van der Waals surface area contributed by atoms with E-state index in [1.165, 1.54) is 13.2 Å². The van der Waals surface area contributed by atoms with Gasteiger partial charge in [-0.3, -0.25) is 24.0 Å². The van der Waals surface area contributed by atoms with Crippen molar-refractivity contribution in [3.8, 4) is 5.75 Å². The first-order chi connectivity index (χ1) is 14.0. The second-order valence-corrected chi connectivity index (χ2v) is 8.27. The number of phenolic OH excluding ortho intramolecular Hbond substituents is 1. The van der Waals surface area contributed by atoms with E-state index in [4.69, 9.17) is 10.5 Å². The molecule has 2 fully saturated rings.